The second kappa shape index (κ2) is 4.39. The molecule has 1 unspecified atom stereocenters. The van der Waals surface area contributed by atoms with Gasteiger partial charge in [0.1, 0.15) is 11.9 Å². The van der Waals surface area contributed by atoms with E-state index in [4.69, 9.17) is 4.74 Å². The van der Waals surface area contributed by atoms with Gasteiger partial charge >= 0.3 is 0 Å². The third-order valence-electron chi connectivity index (χ3n) is 2.48. The van der Waals surface area contributed by atoms with E-state index in [9.17, 15) is 0 Å². The fourth-order valence-electron chi connectivity index (χ4n) is 1.74. The van der Waals surface area contributed by atoms with Crippen LogP contribution in [0.2, 0.25) is 0 Å². The first-order valence-electron chi connectivity index (χ1n) is 5.02. The molecule has 0 amide bonds. The van der Waals surface area contributed by atoms with E-state index in [-0.39, 0.29) is 6.10 Å². The van der Waals surface area contributed by atoms with Crippen molar-refractivity contribution in [1.29, 1.82) is 0 Å². The number of halogens is 1. The van der Waals surface area contributed by atoms with Crippen LogP contribution in [0.15, 0.2) is 36.4 Å². The Labute approximate surface area is 104 Å². The molecule has 0 saturated carbocycles. The smallest absolute Gasteiger partial charge is 0.141 e. The summed E-state index contributed by atoms with van der Waals surface area (Å²) in [7, 11) is 0. The average Bonchev–Trinajstić information content (AvgIpc) is 2.54. The molecular formula is C13H13IO. The number of para-hydroxylation sites is 1. The number of benzene rings is 1. The van der Waals surface area contributed by atoms with Crippen LogP contribution in [-0.2, 0) is 0 Å². The van der Waals surface area contributed by atoms with Gasteiger partial charge in [-0.15, -0.1) is 0 Å². The lowest BCUT2D eigenvalue weighted by molar-refractivity contribution is 0.295. The number of ether oxygens (including phenoxy) is 1. The highest BCUT2D eigenvalue weighted by molar-refractivity contribution is 14.1. The standard InChI is InChI=1S/C13H13IO/c1-3-4-6-10-9(2)15-13-11(10)7-5-8-12(13)14/h3-9H,1-2H3/b4-3-,10-6+. The van der Waals surface area contributed by atoms with Crippen LogP contribution in [0, 0.1) is 3.57 Å². The van der Waals surface area contributed by atoms with Crippen LogP contribution >= 0.6 is 22.6 Å². The molecule has 15 heavy (non-hydrogen) atoms. The summed E-state index contributed by atoms with van der Waals surface area (Å²) in [4.78, 5) is 0. The predicted molar refractivity (Wildman–Crippen MR) is 72.0 cm³/mol. The molecule has 0 saturated heterocycles. The predicted octanol–water partition coefficient (Wildman–Crippen LogP) is 4.03. The SMILES string of the molecule is C/C=C\C=C1\c2cccc(I)c2OC1C. The van der Waals surface area contributed by atoms with Gasteiger partial charge < -0.3 is 4.74 Å². The largest absolute Gasteiger partial charge is 0.484 e. The fraction of sp³-hybridized carbons (Fsp3) is 0.231. The molecule has 0 aliphatic carbocycles. The van der Waals surface area contributed by atoms with Crippen LogP contribution in [0.4, 0.5) is 0 Å². The zero-order valence-electron chi connectivity index (χ0n) is 8.83. The molecule has 0 N–H and O–H groups in total. The Morgan fingerprint density at radius 2 is 2.20 bits per heavy atom. The second-order valence-corrected chi connectivity index (χ2v) is 4.69. The normalized spacial score (nSPS) is 22.1. The molecule has 1 atom stereocenters. The molecule has 1 aliphatic rings. The van der Waals surface area contributed by atoms with Crippen LogP contribution in [0.1, 0.15) is 19.4 Å². The molecule has 0 radical (unpaired) electrons. The van der Waals surface area contributed by atoms with E-state index in [2.05, 4.69) is 59.9 Å². The quantitative estimate of drug-likeness (QED) is 0.711. The van der Waals surface area contributed by atoms with Crippen LogP contribution in [-0.4, -0.2) is 6.10 Å². The van der Waals surface area contributed by atoms with Gasteiger partial charge in [0.2, 0.25) is 0 Å². The Morgan fingerprint density at radius 1 is 1.40 bits per heavy atom. The fourth-order valence-corrected chi connectivity index (χ4v) is 2.37. The molecule has 1 heterocycles. The molecule has 1 aromatic rings. The molecule has 2 rings (SSSR count). The first-order chi connectivity index (χ1) is 7.24. The van der Waals surface area contributed by atoms with E-state index in [1.165, 1.54) is 14.7 Å². The number of fused-ring (bicyclic) bond motifs is 1. The van der Waals surface area contributed by atoms with Crippen molar-refractivity contribution in [3.8, 4) is 5.75 Å². The van der Waals surface area contributed by atoms with Gasteiger partial charge in [0.15, 0.2) is 0 Å². The van der Waals surface area contributed by atoms with Crippen LogP contribution in [0.3, 0.4) is 0 Å². The minimum Gasteiger partial charge on any atom is -0.484 e. The summed E-state index contributed by atoms with van der Waals surface area (Å²) in [6.07, 6.45) is 6.38. The summed E-state index contributed by atoms with van der Waals surface area (Å²) in [6, 6.07) is 6.27. The number of hydrogen-bond acceptors (Lipinski definition) is 1. The number of hydrogen-bond donors (Lipinski definition) is 0. The van der Waals surface area contributed by atoms with Crippen molar-refractivity contribution in [2.75, 3.05) is 0 Å². The first-order valence-corrected chi connectivity index (χ1v) is 6.10. The molecule has 0 spiro atoms. The Bertz CT molecular complexity index is 432. The van der Waals surface area contributed by atoms with Crippen molar-refractivity contribution in [3.05, 3.63) is 45.6 Å². The third-order valence-corrected chi connectivity index (χ3v) is 3.33. The van der Waals surface area contributed by atoms with E-state index in [1.54, 1.807) is 0 Å². The van der Waals surface area contributed by atoms with Crippen LogP contribution in [0.5, 0.6) is 5.75 Å². The minimum absolute atomic E-state index is 0.159. The maximum atomic E-state index is 5.84. The Hall–Kier alpha value is -0.770. The third kappa shape index (κ3) is 1.95. The van der Waals surface area contributed by atoms with Crippen molar-refractivity contribution in [3.63, 3.8) is 0 Å². The molecule has 2 heteroatoms. The zero-order chi connectivity index (χ0) is 10.8. The molecular weight excluding hydrogens is 299 g/mol. The maximum Gasteiger partial charge on any atom is 0.141 e. The van der Waals surface area contributed by atoms with Crippen molar-refractivity contribution < 1.29 is 4.74 Å². The Morgan fingerprint density at radius 3 is 2.93 bits per heavy atom. The van der Waals surface area contributed by atoms with Crippen molar-refractivity contribution in [2.45, 2.75) is 20.0 Å². The Balaban J connectivity index is 2.51. The highest BCUT2D eigenvalue weighted by Gasteiger charge is 2.25. The lowest BCUT2D eigenvalue weighted by Gasteiger charge is -2.04. The monoisotopic (exact) mass is 312 g/mol. The molecule has 0 fully saturated rings. The van der Waals surface area contributed by atoms with Crippen molar-refractivity contribution >= 4 is 28.2 Å². The van der Waals surface area contributed by atoms with Gasteiger partial charge in [0.25, 0.3) is 0 Å². The van der Waals surface area contributed by atoms with Gasteiger partial charge in [-0.3, -0.25) is 0 Å². The highest BCUT2D eigenvalue weighted by atomic mass is 127. The minimum atomic E-state index is 0.159. The van der Waals surface area contributed by atoms with Crippen LogP contribution < -0.4 is 4.74 Å². The van der Waals surface area contributed by atoms with Gasteiger partial charge in [0.05, 0.1) is 3.57 Å². The Kier molecular flexibility index (Phi) is 3.14. The number of allylic oxidation sites excluding steroid dienone is 3. The summed E-state index contributed by atoms with van der Waals surface area (Å²) in [5.74, 6) is 1.03. The van der Waals surface area contributed by atoms with Crippen molar-refractivity contribution in [2.24, 2.45) is 0 Å². The summed E-state index contributed by atoms with van der Waals surface area (Å²) in [6.45, 7) is 4.11. The highest BCUT2D eigenvalue weighted by Crippen LogP contribution is 2.40. The maximum absolute atomic E-state index is 5.84. The van der Waals surface area contributed by atoms with Gasteiger partial charge in [-0.2, -0.15) is 0 Å². The summed E-state index contributed by atoms with van der Waals surface area (Å²) in [5, 5.41) is 0. The summed E-state index contributed by atoms with van der Waals surface area (Å²) in [5.41, 5.74) is 2.49. The molecule has 1 aliphatic heterocycles. The molecule has 0 bridgehead atoms. The average molecular weight is 312 g/mol. The van der Waals surface area contributed by atoms with Crippen LogP contribution in [0.25, 0.3) is 5.57 Å². The van der Waals surface area contributed by atoms with Gasteiger partial charge in [0, 0.05) is 11.1 Å². The molecule has 0 aromatic heterocycles. The van der Waals surface area contributed by atoms with Gasteiger partial charge in [-0.25, -0.2) is 0 Å². The topological polar surface area (TPSA) is 9.23 Å². The molecule has 78 valence electrons. The lowest BCUT2D eigenvalue weighted by atomic mass is 10.0. The second-order valence-electron chi connectivity index (χ2n) is 3.52. The van der Waals surface area contributed by atoms with Gasteiger partial charge in [-0.1, -0.05) is 30.4 Å². The lowest BCUT2D eigenvalue weighted by Crippen LogP contribution is -2.05. The van der Waals surface area contributed by atoms with Crippen molar-refractivity contribution in [1.82, 2.24) is 0 Å². The first kappa shape index (κ1) is 10.7. The molecule has 1 aromatic carbocycles. The summed E-state index contributed by atoms with van der Waals surface area (Å²) < 4.78 is 7.02. The van der Waals surface area contributed by atoms with E-state index < -0.39 is 0 Å². The molecule has 1 nitrogen and oxygen atoms in total. The number of rotatable bonds is 1. The van der Waals surface area contributed by atoms with E-state index >= 15 is 0 Å². The van der Waals surface area contributed by atoms with E-state index in [0.29, 0.717) is 0 Å². The van der Waals surface area contributed by atoms with E-state index in [0.717, 1.165) is 5.75 Å². The van der Waals surface area contributed by atoms with E-state index in [1.807, 2.05) is 13.0 Å². The zero-order valence-corrected chi connectivity index (χ0v) is 11.0. The summed E-state index contributed by atoms with van der Waals surface area (Å²) >= 11 is 2.31. The van der Waals surface area contributed by atoms with Gasteiger partial charge in [-0.05, 0) is 42.5 Å².